The van der Waals surface area contributed by atoms with Crippen LogP contribution in [0.3, 0.4) is 0 Å². The zero-order valence-electron chi connectivity index (χ0n) is 17.4. The SMILES string of the molecule is CCCN(CCC(=O)N1CCCC1)c1nc(-c2ccccc2)nc2cc(Cl)ccc12. The van der Waals surface area contributed by atoms with Gasteiger partial charge < -0.3 is 9.80 Å². The van der Waals surface area contributed by atoms with Crippen LogP contribution >= 0.6 is 11.6 Å². The number of aromatic nitrogens is 2. The first-order valence-electron chi connectivity index (χ1n) is 10.7. The second-order valence-electron chi connectivity index (χ2n) is 7.72. The summed E-state index contributed by atoms with van der Waals surface area (Å²) >= 11 is 6.26. The van der Waals surface area contributed by atoms with Crippen molar-refractivity contribution in [3.05, 3.63) is 53.6 Å². The van der Waals surface area contributed by atoms with Crippen LogP contribution in [0.4, 0.5) is 5.82 Å². The summed E-state index contributed by atoms with van der Waals surface area (Å²) in [6, 6.07) is 15.7. The van der Waals surface area contributed by atoms with Crippen molar-refractivity contribution in [1.82, 2.24) is 14.9 Å². The molecule has 0 bridgehead atoms. The van der Waals surface area contributed by atoms with Crippen molar-refractivity contribution < 1.29 is 4.79 Å². The van der Waals surface area contributed by atoms with Crippen molar-refractivity contribution >= 4 is 34.2 Å². The van der Waals surface area contributed by atoms with Gasteiger partial charge in [-0.1, -0.05) is 48.9 Å². The van der Waals surface area contributed by atoms with Crippen molar-refractivity contribution in [3.8, 4) is 11.4 Å². The molecule has 0 radical (unpaired) electrons. The number of hydrogen-bond acceptors (Lipinski definition) is 4. The number of carbonyl (C=O) groups is 1. The molecule has 0 atom stereocenters. The largest absolute Gasteiger partial charge is 0.355 e. The molecular formula is C24H27ClN4O. The molecule has 4 rings (SSSR count). The first-order chi connectivity index (χ1) is 14.7. The Hall–Kier alpha value is -2.66. The smallest absolute Gasteiger partial charge is 0.224 e. The van der Waals surface area contributed by atoms with Crippen LogP contribution in [0, 0.1) is 0 Å². The van der Waals surface area contributed by atoms with Gasteiger partial charge in [0.05, 0.1) is 5.52 Å². The van der Waals surface area contributed by atoms with E-state index in [-0.39, 0.29) is 5.91 Å². The van der Waals surface area contributed by atoms with E-state index in [9.17, 15) is 4.79 Å². The first-order valence-corrected chi connectivity index (χ1v) is 11.1. The number of likely N-dealkylation sites (tertiary alicyclic amines) is 1. The molecule has 1 fully saturated rings. The van der Waals surface area contributed by atoms with E-state index in [0.717, 1.165) is 61.2 Å². The minimum Gasteiger partial charge on any atom is -0.355 e. The topological polar surface area (TPSA) is 49.3 Å². The molecule has 1 aromatic heterocycles. The molecule has 0 saturated carbocycles. The number of rotatable bonds is 7. The van der Waals surface area contributed by atoms with Crippen LogP contribution in [0.1, 0.15) is 32.6 Å². The van der Waals surface area contributed by atoms with E-state index in [4.69, 9.17) is 21.6 Å². The summed E-state index contributed by atoms with van der Waals surface area (Å²) in [5.74, 6) is 1.78. The molecule has 1 aliphatic rings. The Labute approximate surface area is 182 Å². The number of nitrogens with zero attached hydrogens (tertiary/aromatic N) is 4. The summed E-state index contributed by atoms with van der Waals surface area (Å²) in [5, 5.41) is 1.61. The molecule has 1 amide bonds. The van der Waals surface area contributed by atoms with Gasteiger partial charge >= 0.3 is 0 Å². The number of hydrogen-bond donors (Lipinski definition) is 0. The normalized spacial score (nSPS) is 13.7. The zero-order chi connectivity index (χ0) is 20.9. The minimum absolute atomic E-state index is 0.235. The lowest BCUT2D eigenvalue weighted by molar-refractivity contribution is -0.129. The summed E-state index contributed by atoms with van der Waals surface area (Å²) in [4.78, 5) is 26.5. The predicted molar refractivity (Wildman–Crippen MR) is 123 cm³/mol. The molecular weight excluding hydrogens is 396 g/mol. The molecule has 0 N–H and O–H groups in total. The molecule has 30 heavy (non-hydrogen) atoms. The van der Waals surface area contributed by atoms with Gasteiger partial charge in [0.2, 0.25) is 5.91 Å². The highest BCUT2D eigenvalue weighted by atomic mass is 35.5. The molecule has 2 heterocycles. The number of carbonyl (C=O) groups excluding carboxylic acids is 1. The quantitative estimate of drug-likeness (QED) is 0.526. The highest BCUT2D eigenvalue weighted by Gasteiger charge is 2.20. The first kappa shape index (κ1) is 20.6. The molecule has 0 unspecified atom stereocenters. The Bertz CT molecular complexity index is 1020. The van der Waals surface area contributed by atoms with E-state index < -0.39 is 0 Å². The molecule has 2 aromatic carbocycles. The molecule has 0 spiro atoms. The Kier molecular flexibility index (Phi) is 6.48. The van der Waals surface area contributed by atoms with Crippen LogP contribution in [0.2, 0.25) is 5.02 Å². The van der Waals surface area contributed by atoms with Crippen molar-refractivity contribution in [2.45, 2.75) is 32.6 Å². The van der Waals surface area contributed by atoms with Crippen LogP contribution in [0.25, 0.3) is 22.3 Å². The maximum absolute atomic E-state index is 12.6. The van der Waals surface area contributed by atoms with Crippen LogP contribution in [0.15, 0.2) is 48.5 Å². The van der Waals surface area contributed by atoms with Gasteiger partial charge in [-0.05, 0) is 37.5 Å². The van der Waals surface area contributed by atoms with Crippen LogP contribution in [-0.2, 0) is 4.79 Å². The van der Waals surface area contributed by atoms with Gasteiger partial charge in [-0.15, -0.1) is 0 Å². The second-order valence-corrected chi connectivity index (χ2v) is 8.16. The third kappa shape index (κ3) is 4.57. The lowest BCUT2D eigenvalue weighted by Gasteiger charge is -2.26. The third-order valence-corrected chi connectivity index (χ3v) is 5.75. The summed E-state index contributed by atoms with van der Waals surface area (Å²) in [6.45, 7) is 5.40. The Morgan fingerprint density at radius 2 is 1.83 bits per heavy atom. The Morgan fingerprint density at radius 3 is 2.57 bits per heavy atom. The maximum atomic E-state index is 12.6. The summed E-state index contributed by atoms with van der Waals surface area (Å²) < 4.78 is 0. The second kappa shape index (κ2) is 9.43. The Balaban J connectivity index is 1.70. The highest BCUT2D eigenvalue weighted by molar-refractivity contribution is 6.31. The van der Waals surface area contributed by atoms with E-state index in [1.54, 1.807) is 0 Å². The molecule has 3 aromatic rings. The molecule has 0 aliphatic carbocycles. The number of benzene rings is 2. The highest BCUT2D eigenvalue weighted by Crippen LogP contribution is 2.30. The lowest BCUT2D eigenvalue weighted by Crippen LogP contribution is -2.33. The van der Waals surface area contributed by atoms with Gasteiger partial charge in [-0.25, -0.2) is 9.97 Å². The predicted octanol–water partition coefficient (Wildman–Crippen LogP) is 5.18. The van der Waals surface area contributed by atoms with Gasteiger partial charge in [0.1, 0.15) is 5.82 Å². The molecule has 6 heteroatoms. The zero-order valence-corrected chi connectivity index (χ0v) is 18.1. The van der Waals surface area contributed by atoms with E-state index in [2.05, 4.69) is 11.8 Å². The molecule has 156 valence electrons. The van der Waals surface area contributed by atoms with Crippen molar-refractivity contribution in [2.75, 3.05) is 31.1 Å². The number of anilines is 1. The monoisotopic (exact) mass is 422 g/mol. The summed E-state index contributed by atoms with van der Waals surface area (Å²) in [5.41, 5.74) is 1.78. The van der Waals surface area contributed by atoms with Crippen molar-refractivity contribution in [2.24, 2.45) is 0 Å². The van der Waals surface area contributed by atoms with Crippen LogP contribution in [0.5, 0.6) is 0 Å². The van der Waals surface area contributed by atoms with Crippen LogP contribution < -0.4 is 4.90 Å². The van der Waals surface area contributed by atoms with Crippen LogP contribution in [-0.4, -0.2) is 47.0 Å². The van der Waals surface area contributed by atoms with Gasteiger partial charge in [0.15, 0.2) is 5.82 Å². The number of halogens is 1. The number of amides is 1. The van der Waals surface area contributed by atoms with Gasteiger partial charge in [-0.2, -0.15) is 0 Å². The van der Waals surface area contributed by atoms with Gasteiger partial charge in [0, 0.05) is 48.6 Å². The van der Waals surface area contributed by atoms with Gasteiger partial charge in [-0.3, -0.25) is 4.79 Å². The summed E-state index contributed by atoms with van der Waals surface area (Å²) in [6.07, 6.45) is 3.70. The van der Waals surface area contributed by atoms with E-state index in [0.29, 0.717) is 23.8 Å². The van der Waals surface area contributed by atoms with E-state index in [1.807, 2.05) is 53.4 Å². The lowest BCUT2D eigenvalue weighted by atomic mass is 10.1. The third-order valence-electron chi connectivity index (χ3n) is 5.52. The fraction of sp³-hybridized carbons (Fsp3) is 0.375. The van der Waals surface area contributed by atoms with Gasteiger partial charge in [0.25, 0.3) is 0 Å². The van der Waals surface area contributed by atoms with E-state index in [1.165, 1.54) is 0 Å². The van der Waals surface area contributed by atoms with E-state index >= 15 is 0 Å². The Morgan fingerprint density at radius 1 is 1.07 bits per heavy atom. The fourth-order valence-electron chi connectivity index (χ4n) is 3.99. The fourth-order valence-corrected chi connectivity index (χ4v) is 4.16. The minimum atomic E-state index is 0.235. The van der Waals surface area contributed by atoms with Crippen molar-refractivity contribution in [1.29, 1.82) is 0 Å². The maximum Gasteiger partial charge on any atom is 0.224 e. The average Bonchev–Trinajstić information content (AvgIpc) is 3.31. The molecule has 1 saturated heterocycles. The number of fused-ring (bicyclic) bond motifs is 1. The average molecular weight is 423 g/mol. The summed E-state index contributed by atoms with van der Waals surface area (Å²) in [7, 11) is 0. The molecule has 1 aliphatic heterocycles. The molecule has 5 nitrogen and oxygen atoms in total. The van der Waals surface area contributed by atoms with Crippen molar-refractivity contribution in [3.63, 3.8) is 0 Å². The standard InChI is InChI=1S/C24H27ClN4O/c1-2-13-29(16-12-22(30)28-14-6-7-15-28)24-20-11-10-19(25)17-21(20)26-23(27-24)18-8-4-3-5-9-18/h3-5,8-11,17H,2,6-7,12-16H2,1H3.